The Kier molecular flexibility index (Phi) is 5.11. The largest absolute Gasteiger partial charge is 0.469 e. The fourth-order valence-corrected chi connectivity index (χ4v) is 2.23. The van der Waals surface area contributed by atoms with Crippen molar-refractivity contribution in [2.45, 2.75) is 13.0 Å². The molecule has 6 nitrogen and oxygen atoms in total. The van der Waals surface area contributed by atoms with Gasteiger partial charge in [0, 0.05) is 12.2 Å². The Bertz CT molecular complexity index is 514. The molecule has 0 unspecified atom stereocenters. The smallest absolute Gasteiger partial charge is 0.306 e. The van der Waals surface area contributed by atoms with Gasteiger partial charge in [0.1, 0.15) is 0 Å². The summed E-state index contributed by atoms with van der Waals surface area (Å²) in [6.45, 7) is 0.107. The van der Waals surface area contributed by atoms with Crippen LogP contribution in [-0.4, -0.2) is 27.2 Å². The molecule has 0 saturated heterocycles. The lowest BCUT2D eigenvalue weighted by Gasteiger charge is -2.08. The molecule has 1 aromatic rings. The van der Waals surface area contributed by atoms with E-state index in [0.717, 1.165) is 0 Å². The van der Waals surface area contributed by atoms with Crippen molar-refractivity contribution in [1.29, 1.82) is 0 Å². The molecule has 0 aliphatic carbocycles. The lowest BCUT2D eigenvalue weighted by molar-refractivity contribution is -0.140. The van der Waals surface area contributed by atoms with Crippen molar-refractivity contribution in [3.8, 4) is 0 Å². The van der Waals surface area contributed by atoms with E-state index in [1.807, 2.05) is 0 Å². The monoisotopic (exact) mass is 272 g/mol. The molecule has 100 valence electrons. The number of ether oxygens (including phenoxy) is 1. The van der Waals surface area contributed by atoms with Crippen molar-refractivity contribution >= 4 is 21.7 Å². The highest BCUT2D eigenvalue weighted by Crippen LogP contribution is 2.10. The summed E-state index contributed by atoms with van der Waals surface area (Å²) in [5.41, 5.74) is 6.90. The second-order valence-corrected chi connectivity index (χ2v) is 5.59. The molecule has 0 bridgehead atoms. The van der Waals surface area contributed by atoms with E-state index >= 15 is 0 Å². The first-order valence-electron chi connectivity index (χ1n) is 5.32. The van der Waals surface area contributed by atoms with Crippen molar-refractivity contribution in [2.24, 2.45) is 0 Å². The SMILES string of the molecule is COC(=O)CCS(=O)(=O)NCc1ccccc1N. The second-order valence-electron chi connectivity index (χ2n) is 3.66. The Morgan fingerprint density at radius 3 is 2.67 bits per heavy atom. The summed E-state index contributed by atoms with van der Waals surface area (Å²) in [5, 5.41) is 0. The zero-order valence-corrected chi connectivity index (χ0v) is 10.9. The Balaban J connectivity index is 2.52. The van der Waals surface area contributed by atoms with E-state index in [1.54, 1.807) is 24.3 Å². The number of carbonyl (C=O) groups excluding carboxylic acids is 1. The van der Waals surface area contributed by atoms with Gasteiger partial charge in [-0.2, -0.15) is 0 Å². The van der Waals surface area contributed by atoms with E-state index in [2.05, 4.69) is 9.46 Å². The van der Waals surface area contributed by atoms with Crippen molar-refractivity contribution in [2.75, 3.05) is 18.6 Å². The molecule has 0 aliphatic heterocycles. The van der Waals surface area contributed by atoms with Gasteiger partial charge in [-0.05, 0) is 11.6 Å². The normalized spacial score (nSPS) is 11.2. The summed E-state index contributed by atoms with van der Waals surface area (Å²) >= 11 is 0. The number of rotatable bonds is 6. The van der Waals surface area contributed by atoms with Crippen LogP contribution in [0.1, 0.15) is 12.0 Å². The topological polar surface area (TPSA) is 98.5 Å². The number of nitrogens with two attached hydrogens (primary N) is 1. The molecule has 0 saturated carbocycles. The van der Waals surface area contributed by atoms with Crippen molar-refractivity contribution < 1.29 is 17.9 Å². The number of esters is 1. The number of nitrogens with one attached hydrogen (secondary N) is 1. The highest BCUT2D eigenvalue weighted by atomic mass is 32.2. The van der Waals surface area contributed by atoms with Crippen LogP contribution < -0.4 is 10.5 Å². The number of carbonyl (C=O) groups is 1. The van der Waals surface area contributed by atoms with E-state index in [0.29, 0.717) is 11.3 Å². The minimum absolute atomic E-state index is 0.107. The molecule has 1 aromatic carbocycles. The summed E-state index contributed by atoms with van der Waals surface area (Å²) in [4.78, 5) is 10.9. The van der Waals surface area contributed by atoms with E-state index < -0.39 is 16.0 Å². The highest BCUT2D eigenvalue weighted by molar-refractivity contribution is 7.89. The molecule has 3 N–H and O–H groups in total. The maximum Gasteiger partial charge on any atom is 0.306 e. The Labute approximate surface area is 106 Å². The summed E-state index contributed by atoms with van der Waals surface area (Å²) in [6, 6.07) is 6.97. The van der Waals surface area contributed by atoms with Crippen molar-refractivity contribution in [3.05, 3.63) is 29.8 Å². The fourth-order valence-electron chi connectivity index (χ4n) is 1.27. The van der Waals surface area contributed by atoms with Gasteiger partial charge in [0.25, 0.3) is 0 Å². The van der Waals surface area contributed by atoms with Crippen LogP contribution in [0.25, 0.3) is 0 Å². The minimum atomic E-state index is -3.51. The first kappa shape index (κ1) is 14.5. The Morgan fingerprint density at radius 2 is 2.06 bits per heavy atom. The van der Waals surface area contributed by atoms with Gasteiger partial charge in [0.05, 0.1) is 19.3 Å². The molecule has 0 atom stereocenters. The van der Waals surface area contributed by atoms with E-state index in [-0.39, 0.29) is 18.7 Å². The van der Waals surface area contributed by atoms with Crippen LogP contribution in [0.5, 0.6) is 0 Å². The maximum atomic E-state index is 11.6. The van der Waals surface area contributed by atoms with Crippen LogP contribution in [0.3, 0.4) is 0 Å². The predicted octanol–water partition coefficient (Wildman–Crippen LogP) is 0.251. The number of sulfonamides is 1. The molecule has 0 aromatic heterocycles. The third-order valence-corrected chi connectivity index (χ3v) is 3.67. The summed E-state index contributed by atoms with van der Waals surface area (Å²) < 4.78 is 29.9. The first-order valence-corrected chi connectivity index (χ1v) is 6.97. The van der Waals surface area contributed by atoms with Gasteiger partial charge in [0.2, 0.25) is 10.0 Å². The number of anilines is 1. The Hall–Kier alpha value is -1.60. The second kappa shape index (κ2) is 6.36. The Morgan fingerprint density at radius 1 is 1.39 bits per heavy atom. The van der Waals surface area contributed by atoms with Crippen LogP contribution >= 0.6 is 0 Å². The molecule has 0 heterocycles. The van der Waals surface area contributed by atoms with Crippen molar-refractivity contribution in [1.82, 2.24) is 4.72 Å². The van der Waals surface area contributed by atoms with Gasteiger partial charge in [-0.1, -0.05) is 18.2 Å². The van der Waals surface area contributed by atoms with Gasteiger partial charge >= 0.3 is 5.97 Å². The average molecular weight is 272 g/mol. The number of para-hydroxylation sites is 1. The first-order chi connectivity index (χ1) is 8.44. The molecule has 0 spiro atoms. The van der Waals surface area contributed by atoms with Crippen LogP contribution in [0.4, 0.5) is 5.69 Å². The number of benzene rings is 1. The van der Waals surface area contributed by atoms with Gasteiger partial charge in [0.15, 0.2) is 0 Å². The third-order valence-electron chi connectivity index (χ3n) is 2.34. The number of hydrogen-bond donors (Lipinski definition) is 2. The van der Waals surface area contributed by atoms with Crippen LogP contribution in [0.2, 0.25) is 0 Å². The summed E-state index contributed by atoms with van der Waals surface area (Å²) in [7, 11) is -2.29. The molecule has 0 aliphatic rings. The van der Waals surface area contributed by atoms with Crippen molar-refractivity contribution in [3.63, 3.8) is 0 Å². The summed E-state index contributed by atoms with van der Waals surface area (Å²) in [6.07, 6.45) is -0.171. The minimum Gasteiger partial charge on any atom is -0.469 e. The summed E-state index contributed by atoms with van der Waals surface area (Å²) in [5.74, 6) is -0.855. The van der Waals surface area contributed by atoms with E-state index in [1.165, 1.54) is 7.11 Å². The molecule has 0 radical (unpaired) electrons. The molecule has 7 heteroatoms. The lowest BCUT2D eigenvalue weighted by Crippen LogP contribution is -2.27. The molecular formula is C11H16N2O4S. The molecule has 0 fully saturated rings. The molecule has 1 rings (SSSR count). The maximum absolute atomic E-state index is 11.6. The number of hydrogen-bond acceptors (Lipinski definition) is 5. The molecule has 0 amide bonds. The molecular weight excluding hydrogens is 256 g/mol. The zero-order chi connectivity index (χ0) is 13.6. The molecule has 18 heavy (non-hydrogen) atoms. The van der Waals surface area contributed by atoms with Crippen LogP contribution in [0.15, 0.2) is 24.3 Å². The quantitative estimate of drug-likeness (QED) is 0.571. The third kappa shape index (κ3) is 4.72. The lowest BCUT2D eigenvalue weighted by atomic mass is 10.2. The zero-order valence-electron chi connectivity index (χ0n) is 10.0. The number of nitrogen functional groups attached to an aromatic ring is 1. The van der Waals surface area contributed by atoms with Gasteiger partial charge in [-0.3, -0.25) is 4.79 Å². The average Bonchev–Trinajstić information content (AvgIpc) is 2.35. The van der Waals surface area contributed by atoms with E-state index in [9.17, 15) is 13.2 Å². The standard InChI is InChI=1S/C11H16N2O4S/c1-17-11(14)6-7-18(15,16)13-8-9-4-2-3-5-10(9)12/h2-5,13H,6-8,12H2,1H3. The van der Waals surface area contributed by atoms with Gasteiger partial charge < -0.3 is 10.5 Å². The van der Waals surface area contributed by atoms with E-state index in [4.69, 9.17) is 5.73 Å². The number of methoxy groups -OCH3 is 1. The van der Waals surface area contributed by atoms with Gasteiger partial charge in [-0.25, -0.2) is 13.1 Å². The highest BCUT2D eigenvalue weighted by Gasteiger charge is 2.13. The van der Waals surface area contributed by atoms with Crippen LogP contribution in [0, 0.1) is 0 Å². The van der Waals surface area contributed by atoms with Crippen LogP contribution in [-0.2, 0) is 26.1 Å². The van der Waals surface area contributed by atoms with Gasteiger partial charge in [-0.15, -0.1) is 0 Å². The predicted molar refractivity (Wildman–Crippen MR) is 68.1 cm³/mol. The fraction of sp³-hybridized carbons (Fsp3) is 0.364.